The lowest BCUT2D eigenvalue weighted by molar-refractivity contribution is 0.0404. The number of fused-ring (bicyclic) bond motifs is 2. The number of hydrazine groups is 2. The molecule has 0 radical (unpaired) electrons. The first-order chi connectivity index (χ1) is 13.2. The van der Waals surface area contributed by atoms with Crippen LogP contribution < -0.4 is 16.3 Å². The predicted molar refractivity (Wildman–Crippen MR) is 112 cm³/mol. The van der Waals surface area contributed by atoms with Gasteiger partial charge in [0.2, 0.25) is 0 Å². The molecule has 0 aromatic rings. The highest BCUT2D eigenvalue weighted by Crippen LogP contribution is 2.46. The molecular formula is C21H39N5S. The van der Waals surface area contributed by atoms with Gasteiger partial charge >= 0.3 is 0 Å². The summed E-state index contributed by atoms with van der Waals surface area (Å²) in [6.07, 6.45) is 16.2. The highest BCUT2D eigenvalue weighted by atomic mass is 32.2. The summed E-state index contributed by atoms with van der Waals surface area (Å²) >= 11 is 2.11. The van der Waals surface area contributed by atoms with E-state index in [-0.39, 0.29) is 0 Å². The Morgan fingerprint density at radius 3 is 2.41 bits per heavy atom. The summed E-state index contributed by atoms with van der Waals surface area (Å²) in [6.45, 7) is 0. The topological polar surface area (TPSA) is 42.6 Å². The first-order valence-corrected chi connectivity index (χ1v) is 12.5. The molecule has 0 aromatic heterocycles. The van der Waals surface area contributed by atoms with Gasteiger partial charge in [0.1, 0.15) is 5.50 Å². The van der Waals surface area contributed by atoms with Crippen molar-refractivity contribution < 1.29 is 0 Å². The molecular weight excluding hydrogens is 354 g/mol. The molecule has 0 aromatic carbocycles. The number of rotatable bonds is 3. The van der Waals surface area contributed by atoms with Gasteiger partial charge < -0.3 is 4.90 Å². The fraction of sp³-hybridized carbons (Fsp3) is 1.00. The Bertz CT molecular complexity index is 517. The predicted octanol–water partition coefficient (Wildman–Crippen LogP) is 3.31. The minimum Gasteiger partial charge on any atom is -0.306 e. The van der Waals surface area contributed by atoms with Crippen LogP contribution in [0.4, 0.5) is 0 Å². The van der Waals surface area contributed by atoms with Gasteiger partial charge in [0.25, 0.3) is 0 Å². The van der Waals surface area contributed by atoms with Crippen LogP contribution in [0.5, 0.6) is 0 Å². The summed E-state index contributed by atoms with van der Waals surface area (Å²) in [5.74, 6) is 3.65. The maximum absolute atomic E-state index is 3.95. The molecule has 5 fully saturated rings. The molecule has 27 heavy (non-hydrogen) atoms. The summed E-state index contributed by atoms with van der Waals surface area (Å²) in [5, 5.41) is 3.14. The average molecular weight is 394 g/mol. The van der Waals surface area contributed by atoms with Crippen molar-refractivity contribution in [3.63, 3.8) is 0 Å². The number of nitrogens with one attached hydrogen (secondary N) is 3. The molecule has 5 aliphatic rings. The highest BCUT2D eigenvalue weighted by molar-refractivity contribution is 8.00. The SMILES string of the molecule is CN(C)C1CCCC(C2NN3C(NNC3C3CCC4CCCCC4C3)S2)C1. The summed E-state index contributed by atoms with van der Waals surface area (Å²) in [6, 6.07) is 0.769. The van der Waals surface area contributed by atoms with E-state index in [1.54, 1.807) is 0 Å². The zero-order valence-electron chi connectivity index (χ0n) is 17.2. The van der Waals surface area contributed by atoms with Crippen LogP contribution in [-0.2, 0) is 0 Å². The number of hydrogen-bond donors (Lipinski definition) is 3. The molecule has 3 aliphatic carbocycles. The van der Waals surface area contributed by atoms with E-state index in [9.17, 15) is 0 Å². The largest absolute Gasteiger partial charge is 0.306 e. The monoisotopic (exact) mass is 393 g/mol. The van der Waals surface area contributed by atoms with Gasteiger partial charge in [-0.2, -0.15) is 5.01 Å². The van der Waals surface area contributed by atoms with Gasteiger partial charge in [0.05, 0.1) is 11.5 Å². The maximum Gasteiger partial charge on any atom is 0.136 e. The smallest absolute Gasteiger partial charge is 0.136 e. The van der Waals surface area contributed by atoms with Crippen molar-refractivity contribution in [2.24, 2.45) is 23.7 Å². The van der Waals surface area contributed by atoms with E-state index in [2.05, 4.69) is 52.0 Å². The van der Waals surface area contributed by atoms with Crippen LogP contribution in [0.1, 0.15) is 70.6 Å². The first-order valence-electron chi connectivity index (χ1n) is 11.6. The van der Waals surface area contributed by atoms with E-state index >= 15 is 0 Å². The van der Waals surface area contributed by atoms with Gasteiger partial charge in [-0.25, -0.2) is 16.3 Å². The zero-order chi connectivity index (χ0) is 18.4. The lowest BCUT2D eigenvalue weighted by Gasteiger charge is -2.42. The number of thioether (sulfide) groups is 1. The fourth-order valence-corrected chi connectivity index (χ4v) is 8.10. The van der Waals surface area contributed by atoms with Crippen LogP contribution in [0, 0.1) is 23.7 Å². The van der Waals surface area contributed by atoms with Gasteiger partial charge in [0, 0.05) is 6.04 Å². The lowest BCUT2D eigenvalue weighted by atomic mass is 9.67. The Balaban J connectivity index is 1.20. The highest BCUT2D eigenvalue weighted by Gasteiger charge is 2.48. The minimum absolute atomic E-state index is 0.406. The van der Waals surface area contributed by atoms with Crippen molar-refractivity contribution in [2.45, 2.75) is 93.7 Å². The molecule has 154 valence electrons. The van der Waals surface area contributed by atoms with Crippen molar-refractivity contribution in [1.29, 1.82) is 0 Å². The third-order valence-corrected chi connectivity index (χ3v) is 9.72. The molecule has 8 unspecified atom stereocenters. The molecule has 2 aliphatic heterocycles. The van der Waals surface area contributed by atoms with Gasteiger partial charge in [-0.3, -0.25) is 0 Å². The standard InChI is InChI=1S/C21H39N5S/c1-25(2)18-9-5-8-17(13-18)20-24-26-19(22-23-21(26)27-20)16-11-10-14-6-3-4-7-15(14)12-16/h14-24H,3-13H2,1-2H3. The second-order valence-corrected chi connectivity index (χ2v) is 11.3. The zero-order valence-corrected chi connectivity index (χ0v) is 18.0. The van der Waals surface area contributed by atoms with Gasteiger partial charge in [-0.05, 0) is 76.3 Å². The lowest BCUT2D eigenvalue weighted by Crippen LogP contribution is -2.52. The second kappa shape index (κ2) is 8.11. The van der Waals surface area contributed by atoms with Crippen molar-refractivity contribution >= 4 is 11.8 Å². The summed E-state index contributed by atoms with van der Waals surface area (Å²) < 4.78 is 0. The van der Waals surface area contributed by atoms with Crippen LogP contribution in [0.25, 0.3) is 0 Å². The molecule has 6 heteroatoms. The normalized spacial score (nSPS) is 48.6. The third kappa shape index (κ3) is 3.82. The molecule has 3 N–H and O–H groups in total. The Labute approximate surface area is 169 Å². The molecule has 0 amide bonds. The maximum atomic E-state index is 3.95. The van der Waals surface area contributed by atoms with Gasteiger partial charge in [-0.1, -0.05) is 32.1 Å². The summed E-state index contributed by atoms with van der Waals surface area (Å²) in [5.41, 5.74) is 11.6. The summed E-state index contributed by atoms with van der Waals surface area (Å²) in [4.78, 5) is 2.44. The molecule has 0 bridgehead atoms. The van der Waals surface area contributed by atoms with Crippen molar-refractivity contribution in [1.82, 2.24) is 26.2 Å². The minimum atomic E-state index is 0.406. The van der Waals surface area contributed by atoms with E-state index in [4.69, 9.17) is 0 Å². The molecule has 8 atom stereocenters. The Hall–Kier alpha value is 0.150. The van der Waals surface area contributed by atoms with Crippen LogP contribution in [0.15, 0.2) is 0 Å². The number of nitrogens with zero attached hydrogens (tertiary/aromatic N) is 2. The van der Waals surface area contributed by atoms with E-state index in [1.807, 2.05) is 0 Å². The summed E-state index contributed by atoms with van der Waals surface area (Å²) in [7, 11) is 4.51. The van der Waals surface area contributed by atoms with Crippen LogP contribution in [0.2, 0.25) is 0 Å². The quantitative estimate of drug-likeness (QED) is 0.684. The molecule has 2 saturated heterocycles. The third-order valence-electron chi connectivity index (χ3n) is 8.33. The van der Waals surface area contributed by atoms with Crippen molar-refractivity contribution in [3.8, 4) is 0 Å². The molecule has 5 nitrogen and oxygen atoms in total. The van der Waals surface area contributed by atoms with Crippen molar-refractivity contribution in [3.05, 3.63) is 0 Å². The molecule has 0 spiro atoms. The molecule has 2 heterocycles. The van der Waals surface area contributed by atoms with E-state index in [1.165, 1.54) is 70.6 Å². The average Bonchev–Trinajstić information content (AvgIpc) is 3.28. The van der Waals surface area contributed by atoms with Crippen LogP contribution >= 0.6 is 11.8 Å². The van der Waals surface area contributed by atoms with Gasteiger partial charge in [-0.15, -0.1) is 11.8 Å². The molecule has 3 saturated carbocycles. The Morgan fingerprint density at radius 2 is 1.56 bits per heavy atom. The van der Waals surface area contributed by atoms with E-state index in [0.29, 0.717) is 17.0 Å². The second-order valence-electron chi connectivity index (χ2n) is 10.1. The Morgan fingerprint density at radius 1 is 0.778 bits per heavy atom. The first kappa shape index (κ1) is 19.1. The van der Waals surface area contributed by atoms with Crippen LogP contribution in [-0.4, -0.2) is 47.1 Å². The van der Waals surface area contributed by atoms with E-state index < -0.39 is 0 Å². The number of hydrogen-bond acceptors (Lipinski definition) is 6. The molecule has 5 rings (SSSR count). The van der Waals surface area contributed by atoms with Crippen molar-refractivity contribution in [2.75, 3.05) is 14.1 Å². The fourth-order valence-electron chi connectivity index (χ4n) is 6.71. The van der Waals surface area contributed by atoms with E-state index in [0.717, 1.165) is 29.7 Å². The Kier molecular flexibility index (Phi) is 5.75. The van der Waals surface area contributed by atoms with Crippen LogP contribution in [0.3, 0.4) is 0 Å². The van der Waals surface area contributed by atoms with Gasteiger partial charge in [0.15, 0.2) is 0 Å².